The number of nitrogens with zero attached hydrogens (tertiary/aromatic N) is 4. The van der Waals surface area contributed by atoms with Gasteiger partial charge in [0.2, 0.25) is 0 Å². The minimum Gasteiger partial charge on any atom is -0.464 e. The standard InChI is InChI=1S/C27H34F3N5O2S/c1-27(29,30)16-37-26-32-24-21(28)15-35(13-11-23(24)38-26)12-10-17-6-8-18(9-7-17)31-25(36)19-4-3-5-22-20(19)14-34(2)33-22/h3-5,14,17-18,21H,6-13,15-16H2,1-2H3,(H,31,36). The van der Waals surface area contributed by atoms with E-state index >= 15 is 4.39 Å². The number of fused-ring (bicyclic) bond motifs is 2. The van der Waals surface area contributed by atoms with Crippen LogP contribution in [-0.4, -0.2) is 63.8 Å². The maximum atomic E-state index is 15.0. The summed E-state index contributed by atoms with van der Waals surface area (Å²) in [4.78, 5) is 20.0. The van der Waals surface area contributed by atoms with Crippen LogP contribution in [0.25, 0.3) is 10.9 Å². The van der Waals surface area contributed by atoms with E-state index in [1.807, 2.05) is 31.4 Å². The number of aromatic nitrogens is 3. The fourth-order valence-electron chi connectivity index (χ4n) is 5.47. The van der Waals surface area contributed by atoms with Crippen molar-refractivity contribution < 1.29 is 22.7 Å². The topological polar surface area (TPSA) is 72.3 Å². The lowest BCUT2D eigenvalue weighted by Gasteiger charge is -2.31. The zero-order valence-corrected chi connectivity index (χ0v) is 22.6. The first-order valence-corrected chi connectivity index (χ1v) is 14.1. The molecule has 1 aromatic carbocycles. The van der Waals surface area contributed by atoms with Crippen LogP contribution >= 0.6 is 11.3 Å². The molecule has 1 saturated carbocycles. The van der Waals surface area contributed by atoms with Crippen molar-refractivity contribution in [3.05, 3.63) is 40.5 Å². The number of carbonyl (C=O) groups excluding carboxylic acids is 1. The summed E-state index contributed by atoms with van der Waals surface area (Å²) < 4.78 is 48.0. The van der Waals surface area contributed by atoms with E-state index < -0.39 is 18.7 Å². The van der Waals surface area contributed by atoms with E-state index in [0.717, 1.165) is 61.4 Å². The van der Waals surface area contributed by atoms with Gasteiger partial charge in [-0.2, -0.15) is 5.10 Å². The van der Waals surface area contributed by atoms with Crippen molar-refractivity contribution >= 4 is 28.1 Å². The molecule has 3 aromatic rings. The molecule has 1 atom stereocenters. The van der Waals surface area contributed by atoms with Crippen LogP contribution in [0, 0.1) is 5.92 Å². The predicted molar refractivity (Wildman–Crippen MR) is 141 cm³/mol. The SMILES string of the molecule is Cn1cc2c(C(=O)NC3CCC(CCN4CCc5sc(OCC(C)(F)F)nc5C(F)C4)CC3)cccc2n1. The van der Waals surface area contributed by atoms with Crippen LogP contribution in [0.4, 0.5) is 13.2 Å². The van der Waals surface area contributed by atoms with Crippen molar-refractivity contribution in [1.29, 1.82) is 0 Å². The molecular weight excluding hydrogens is 515 g/mol. The third-order valence-electron chi connectivity index (χ3n) is 7.47. The number of rotatable bonds is 8. The smallest absolute Gasteiger partial charge is 0.278 e. The second kappa shape index (κ2) is 11.2. The van der Waals surface area contributed by atoms with Crippen LogP contribution in [-0.2, 0) is 13.5 Å². The van der Waals surface area contributed by atoms with Gasteiger partial charge in [-0.3, -0.25) is 14.4 Å². The molecule has 1 unspecified atom stereocenters. The van der Waals surface area contributed by atoms with Gasteiger partial charge in [0.25, 0.3) is 17.0 Å². The lowest BCUT2D eigenvalue weighted by molar-refractivity contribution is -0.0231. The Bertz CT molecular complexity index is 1270. The number of benzene rings is 1. The van der Waals surface area contributed by atoms with Crippen molar-refractivity contribution in [2.45, 2.75) is 63.6 Å². The van der Waals surface area contributed by atoms with Crippen LogP contribution in [0.1, 0.15) is 66.1 Å². The normalized spacial score (nSPS) is 22.7. The number of alkyl halides is 3. The van der Waals surface area contributed by atoms with E-state index in [1.165, 1.54) is 11.3 Å². The molecule has 1 aliphatic carbocycles. The van der Waals surface area contributed by atoms with Crippen LogP contribution in [0.5, 0.6) is 5.19 Å². The predicted octanol–water partition coefficient (Wildman–Crippen LogP) is 5.31. The molecule has 1 fully saturated rings. The molecule has 2 aromatic heterocycles. The Balaban J connectivity index is 1.06. The van der Waals surface area contributed by atoms with Gasteiger partial charge in [0, 0.05) is 49.6 Å². The largest absolute Gasteiger partial charge is 0.464 e. The van der Waals surface area contributed by atoms with Crippen LogP contribution in [0.2, 0.25) is 0 Å². The molecule has 7 nitrogen and oxygen atoms in total. The minimum atomic E-state index is -2.95. The monoisotopic (exact) mass is 549 g/mol. The Morgan fingerprint density at radius 1 is 1.26 bits per heavy atom. The van der Waals surface area contributed by atoms with Gasteiger partial charge in [0.15, 0.2) is 12.8 Å². The first kappa shape index (κ1) is 26.9. The summed E-state index contributed by atoms with van der Waals surface area (Å²) in [5.74, 6) is -2.45. The Labute approximate surface area is 224 Å². The molecule has 3 heterocycles. The van der Waals surface area contributed by atoms with E-state index in [9.17, 15) is 13.6 Å². The van der Waals surface area contributed by atoms with Gasteiger partial charge in [-0.25, -0.2) is 18.2 Å². The quantitative estimate of drug-likeness (QED) is 0.412. The number of hydrogen-bond donors (Lipinski definition) is 1. The Morgan fingerprint density at radius 3 is 2.82 bits per heavy atom. The highest BCUT2D eigenvalue weighted by molar-refractivity contribution is 7.13. The second-order valence-corrected chi connectivity index (χ2v) is 11.7. The van der Waals surface area contributed by atoms with Gasteiger partial charge in [-0.1, -0.05) is 17.4 Å². The summed E-state index contributed by atoms with van der Waals surface area (Å²) in [6.45, 7) is 1.81. The Hall–Kier alpha value is -2.66. The molecule has 0 spiro atoms. The summed E-state index contributed by atoms with van der Waals surface area (Å²) in [6, 6.07) is 5.77. The number of amides is 1. The Kier molecular flexibility index (Phi) is 7.95. The van der Waals surface area contributed by atoms with Crippen LogP contribution < -0.4 is 10.1 Å². The zero-order valence-electron chi connectivity index (χ0n) is 21.8. The molecule has 0 saturated heterocycles. The van der Waals surface area contributed by atoms with Gasteiger partial charge < -0.3 is 10.1 Å². The molecule has 1 aliphatic heterocycles. The molecule has 2 aliphatic rings. The fraction of sp³-hybridized carbons (Fsp3) is 0.593. The summed E-state index contributed by atoms with van der Waals surface area (Å²) in [5.41, 5.74) is 1.81. The summed E-state index contributed by atoms with van der Waals surface area (Å²) in [7, 11) is 1.85. The highest BCUT2D eigenvalue weighted by atomic mass is 32.1. The maximum absolute atomic E-state index is 15.0. The number of ether oxygens (including phenoxy) is 1. The first-order valence-electron chi connectivity index (χ1n) is 13.2. The number of hydrogen-bond acceptors (Lipinski definition) is 6. The van der Waals surface area contributed by atoms with E-state index in [0.29, 0.717) is 30.1 Å². The third kappa shape index (κ3) is 6.48. The van der Waals surface area contributed by atoms with Gasteiger partial charge in [-0.15, -0.1) is 0 Å². The van der Waals surface area contributed by atoms with Crippen LogP contribution in [0.3, 0.4) is 0 Å². The van der Waals surface area contributed by atoms with E-state index in [-0.39, 0.29) is 23.7 Å². The summed E-state index contributed by atoms with van der Waals surface area (Å²) in [5, 5.41) is 8.58. The number of carbonyl (C=O) groups is 1. The molecule has 1 N–H and O–H groups in total. The van der Waals surface area contributed by atoms with E-state index in [1.54, 1.807) is 4.68 Å². The molecule has 11 heteroatoms. The lowest BCUT2D eigenvalue weighted by atomic mass is 9.84. The highest BCUT2D eigenvalue weighted by Gasteiger charge is 2.30. The second-order valence-electron chi connectivity index (χ2n) is 10.7. The molecular formula is C27H34F3N5O2S. The average Bonchev–Trinajstić information content (AvgIpc) is 3.43. The number of aryl methyl sites for hydroxylation is 1. The van der Waals surface area contributed by atoms with Crippen molar-refractivity contribution in [2.75, 3.05) is 26.2 Å². The zero-order chi connectivity index (χ0) is 26.9. The first-order chi connectivity index (χ1) is 18.1. The lowest BCUT2D eigenvalue weighted by Crippen LogP contribution is -2.38. The molecule has 206 valence electrons. The van der Waals surface area contributed by atoms with Gasteiger partial charge >= 0.3 is 0 Å². The highest BCUT2D eigenvalue weighted by Crippen LogP contribution is 2.35. The molecule has 0 radical (unpaired) electrons. The average molecular weight is 550 g/mol. The summed E-state index contributed by atoms with van der Waals surface area (Å²) >= 11 is 1.17. The fourth-order valence-corrected chi connectivity index (χ4v) is 6.41. The van der Waals surface area contributed by atoms with Crippen molar-refractivity contribution in [1.82, 2.24) is 25.0 Å². The molecule has 38 heavy (non-hydrogen) atoms. The van der Waals surface area contributed by atoms with Gasteiger partial charge in [0.05, 0.1) is 16.8 Å². The van der Waals surface area contributed by atoms with E-state index in [4.69, 9.17) is 4.74 Å². The van der Waals surface area contributed by atoms with E-state index in [2.05, 4.69) is 20.3 Å². The van der Waals surface area contributed by atoms with Crippen molar-refractivity contribution in [3.8, 4) is 5.19 Å². The van der Waals surface area contributed by atoms with Crippen molar-refractivity contribution in [2.24, 2.45) is 13.0 Å². The molecule has 0 bridgehead atoms. The maximum Gasteiger partial charge on any atom is 0.278 e. The number of halogens is 3. The van der Waals surface area contributed by atoms with Crippen LogP contribution in [0.15, 0.2) is 24.4 Å². The Morgan fingerprint density at radius 2 is 2.05 bits per heavy atom. The third-order valence-corrected chi connectivity index (χ3v) is 8.52. The molecule has 5 rings (SSSR count). The van der Waals surface area contributed by atoms with Gasteiger partial charge in [0.1, 0.15) is 0 Å². The minimum absolute atomic E-state index is 0.0522. The van der Waals surface area contributed by atoms with Crippen molar-refractivity contribution in [3.63, 3.8) is 0 Å². The number of nitrogens with one attached hydrogen (secondary N) is 1. The van der Waals surface area contributed by atoms with Gasteiger partial charge in [-0.05, 0) is 63.1 Å². The number of thiazole rings is 1. The summed E-state index contributed by atoms with van der Waals surface area (Å²) in [6.07, 6.45) is 6.20. The molecule has 1 amide bonds.